The number of benzene rings is 2. The van der Waals surface area contributed by atoms with E-state index in [0.717, 1.165) is 14.8 Å². The Kier molecular flexibility index (Phi) is 14.9. The summed E-state index contributed by atoms with van der Waals surface area (Å²) >= 11 is 12.2. The number of ether oxygens (including phenoxy) is 1. The number of esters is 1. The quantitative estimate of drug-likeness (QED) is 0.107. The van der Waals surface area contributed by atoms with Crippen LogP contribution in [0.2, 0.25) is 10.0 Å². The average Bonchev–Trinajstić information content (AvgIpc) is 3.40. The van der Waals surface area contributed by atoms with E-state index in [4.69, 9.17) is 27.9 Å². The third-order valence-electron chi connectivity index (χ3n) is 7.16. The number of aromatic amines is 1. The molecule has 0 radical (unpaired) electrons. The minimum absolute atomic E-state index is 0.00762. The number of ketones is 2. The van der Waals surface area contributed by atoms with Crippen molar-refractivity contribution in [1.29, 1.82) is 0 Å². The van der Waals surface area contributed by atoms with E-state index in [1.807, 2.05) is 0 Å². The molecule has 0 aliphatic carbocycles. The van der Waals surface area contributed by atoms with Gasteiger partial charge in [-0.3, -0.25) is 25.0 Å². The van der Waals surface area contributed by atoms with Gasteiger partial charge in [-0.2, -0.15) is 5.10 Å². The van der Waals surface area contributed by atoms with Crippen LogP contribution in [0, 0.1) is 12.8 Å². The minimum atomic E-state index is -3.71. The first-order chi connectivity index (χ1) is 23.1. The van der Waals surface area contributed by atoms with E-state index in [9.17, 15) is 36.4 Å². The molecule has 0 spiro atoms. The van der Waals surface area contributed by atoms with Gasteiger partial charge in [0, 0.05) is 59.6 Å². The Morgan fingerprint density at radius 2 is 1.50 bits per heavy atom. The number of sulfonamides is 2. The molecular formula is C32H41Cl2N5O9S2. The van der Waals surface area contributed by atoms with E-state index in [1.54, 1.807) is 19.9 Å². The molecule has 18 heteroatoms. The van der Waals surface area contributed by atoms with Gasteiger partial charge in [0.25, 0.3) is 0 Å². The summed E-state index contributed by atoms with van der Waals surface area (Å²) in [5, 5.41) is 17.0. The molecule has 0 bridgehead atoms. The molecule has 0 saturated heterocycles. The molecule has 3 rings (SSSR count). The molecule has 2 aromatic carbocycles. The average molecular weight is 775 g/mol. The second kappa shape index (κ2) is 17.5. The highest BCUT2D eigenvalue weighted by Gasteiger charge is 2.29. The number of carbonyl (C=O) groups excluding carboxylic acids is 3. The molecule has 0 aliphatic heterocycles. The largest absolute Gasteiger partial charge is 0.463 e. The Balaban J connectivity index is 0.000000356. The number of nitrogens with zero attached hydrogens (tertiary/aromatic N) is 4. The molecule has 1 aromatic heterocycles. The Morgan fingerprint density at radius 3 is 1.98 bits per heavy atom. The van der Waals surface area contributed by atoms with E-state index in [-0.39, 0.29) is 55.7 Å². The highest BCUT2D eigenvalue weighted by atomic mass is 35.5. The Bertz CT molecular complexity index is 1990. The van der Waals surface area contributed by atoms with Gasteiger partial charge in [0.15, 0.2) is 5.78 Å². The van der Waals surface area contributed by atoms with Crippen molar-refractivity contribution in [2.24, 2.45) is 5.92 Å². The lowest BCUT2D eigenvalue weighted by Crippen LogP contribution is -2.26. The number of hydrogen-bond acceptors (Lipinski definition) is 11. The molecule has 1 unspecified atom stereocenters. The van der Waals surface area contributed by atoms with Crippen molar-refractivity contribution < 1.29 is 41.2 Å². The zero-order valence-electron chi connectivity index (χ0n) is 29.1. The van der Waals surface area contributed by atoms with Gasteiger partial charge in [0.1, 0.15) is 21.3 Å². The van der Waals surface area contributed by atoms with Crippen LogP contribution in [0.4, 0.5) is 0 Å². The normalized spacial score (nSPS) is 12.7. The van der Waals surface area contributed by atoms with Crippen LogP contribution in [0.15, 0.2) is 58.0 Å². The van der Waals surface area contributed by atoms with Gasteiger partial charge in [0.2, 0.25) is 20.0 Å². The molecule has 274 valence electrons. The topological polar surface area (TPSA) is 187 Å². The minimum Gasteiger partial charge on any atom is -0.463 e. The first kappa shape index (κ1) is 42.5. The van der Waals surface area contributed by atoms with Crippen molar-refractivity contribution >= 4 is 60.8 Å². The fourth-order valence-corrected chi connectivity index (χ4v) is 7.40. The fourth-order valence-electron chi connectivity index (χ4n) is 4.58. The lowest BCUT2D eigenvalue weighted by atomic mass is 9.89. The van der Waals surface area contributed by atoms with Crippen molar-refractivity contribution in [2.45, 2.75) is 43.9 Å². The van der Waals surface area contributed by atoms with Gasteiger partial charge >= 0.3 is 5.97 Å². The molecule has 1 heterocycles. The smallest absolute Gasteiger partial charge is 0.336 e. The maximum atomic E-state index is 12.3. The monoisotopic (exact) mass is 773 g/mol. The number of hydroxylamine groups is 2. The number of nitrogens with one attached hydrogen (secondary N) is 1. The van der Waals surface area contributed by atoms with Gasteiger partial charge in [-0.25, -0.2) is 30.2 Å². The predicted octanol–water partition coefficient (Wildman–Crippen LogP) is 4.60. The van der Waals surface area contributed by atoms with Crippen LogP contribution < -0.4 is 0 Å². The Labute approximate surface area is 302 Å². The van der Waals surface area contributed by atoms with Crippen molar-refractivity contribution in [3.05, 3.63) is 75.2 Å². The molecule has 2 N–H and O–H groups in total. The van der Waals surface area contributed by atoms with Crippen molar-refractivity contribution in [3.63, 3.8) is 0 Å². The molecule has 14 nitrogen and oxygen atoms in total. The van der Waals surface area contributed by atoms with E-state index >= 15 is 0 Å². The summed E-state index contributed by atoms with van der Waals surface area (Å²) in [7, 11) is -0.436. The zero-order chi connectivity index (χ0) is 38.3. The molecule has 1 atom stereocenters. The SMILES string of the molecule is CC(=O)c1n[nH]c(C)c1-c1ccc(Cl)c(S(=O)(=O)N(C)C)c1.CCOC(=O)/C(=C\N(C)O)C(Cc1ccc(S(=O)(=O)N(C)C)c(Cl)c1)C(C)=O. The first-order valence-electron chi connectivity index (χ1n) is 14.9. The Morgan fingerprint density at radius 1 is 0.920 bits per heavy atom. The van der Waals surface area contributed by atoms with Crippen LogP contribution in [0.25, 0.3) is 11.1 Å². The van der Waals surface area contributed by atoms with E-state index < -0.39 is 31.9 Å². The summed E-state index contributed by atoms with van der Waals surface area (Å²) in [6, 6.07) is 8.96. The number of hydrogen-bond donors (Lipinski definition) is 2. The van der Waals surface area contributed by atoms with Gasteiger partial charge in [-0.1, -0.05) is 35.3 Å². The highest BCUT2D eigenvalue weighted by molar-refractivity contribution is 7.89. The highest BCUT2D eigenvalue weighted by Crippen LogP contribution is 2.33. The van der Waals surface area contributed by atoms with Gasteiger partial charge in [-0.05, 0) is 62.6 Å². The molecule has 50 heavy (non-hydrogen) atoms. The molecule has 3 aromatic rings. The fraction of sp³-hybridized carbons (Fsp3) is 0.375. The maximum Gasteiger partial charge on any atom is 0.336 e. The number of H-pyrrole nitrogens is 1. The van der Waals surface area contributed by atoms with Crippen LogP contribution in [-0.4, -0.2) is 105 Å². The van der Waals surface area contributed by atoms with E-state index in [2.05, 4.69) is 10.2 Å². The lowest BCUT2D eigenvalue weighted by molar-refractivity contribution is -0.140. The van der Waals surface area contributed by atoms with Gasteiger partial charge < -0.3 is 4.74 Å². The van der Waals surface area contributed by atoms with Crippen molar-refractivity contribution in [1.82, 2.24) is 23.9 Å². The third-order valence-corrected chi connectivity index (χ3v) is 11.8. The van der Waals surface area contributed by atoms with E-state index in [1.165, 1.54) is 79.4 Å². The summed E-state index contributed by atoms with van der Waals surface area (Å²) in [6.45, 7) is 6.24. The maximum absolute atomic E-state index is 12.3. The summed E-state index contributed by atoms with van der Waals surface area (Å²) in [6.07, 6.45) is 1.20. The van der Waals surface area contributed by atoms with Gasteiger partial charge in [0.05, 0.1) is 28.1 Å². The van der Waals surface area contributed by atoms with Gasteiger partial charge in [-0.15, -0.1) is 0 Å². The number of aromatic nitrogens is 2. The lowest BCUT2D eigenvalue weighted by Gasteiger charge is -2.19. The number of carbonyl (C=O) groups is 3. The van der Waals surface area contributed by atoms with Crippen LogP contribution in [0.5, 0.6) is 0 Å². The third kappa shape index (κ3) is 10.2. The second-order valence-electron chi connectivity index (χ2n) is 11.4. The number of Topliss-reactive ketones (excluding diaryl/α,β-unsaturated/α-hetero) is 2. The van der Waals surface area contributed by atoms with Crippen LogP contribution in [0.1, 0.15) is 42.5 Å². The number of halogens is 2. The number of aryl methyl sites for hydroxylation is 1. The second-order valence-corrected chi connectivity index (χ2v) is 16.4. The Hall–Kier alpha value is -3.64. The standard InChI is InChI=1S/C18H25ClN2O6S.C14H16ClN3O3S/c1-6-27-18(23)15(11-21(5)24)14(12(2)22)9-13-7-8-17(16(19)10-13)28(25,26)20(3)4;1-8-13(14(9(2)19)17-16-8)10-5-6-11(15)12(7-10)22(20,21)18(3)4/h7-8,10-11,14,24H,6,9H2,1-5H3;5-7H,1-4H3,(H,16,17)/b15-11-;. The van der Waals surface area contributed by atoms with Crippen molar-refractivity contribution in [2.75, 3.05) is 41.8 Å². The van der Waals surface area contributed by atoms with Crippen LogP contribution in [0.3, 0.4) is 0 Å². The first-order valence-corrected chi connectivity index (χ1v) is 18.5. The summed E-state index contributed by atoms with van der Waals surface area (Å²) in [5.41, 5.74) is 2.65. The molecule has 0 amide bonds. The molecule has 0 aliphatic rings. The van der Waals surface area contributed by atoms with Crippen molar-refractivity contribution in [3.8, 4) is 11.1 Å². The van der Waals surface area contributed by atoms with E-state index in [0.29, 0.717) is 27.4 Å². The molecular weight excluding hydrogens is 733 g/mol. The number of rotatable bonds is 13. The molecule has 0 saturated carbocycles. The predicted molar refractivity (Wildman–Crippen MR) is 189 cm³/mol. The van der Waals surface area contributed by atoms with Crippen LogP contribution in [-0.2, 0) is 40.8 Å². The molecule has 0 fully saturated rings. The summed E-state index contributed by atoms with van der Waals surface area (Å²) in [4.78, 5) is 36.1. The zero-order valence-corrected chi connectivity index (χ0v) is 32.3. The summed E-state index contributed by atoms with van der Waals surface area (Å²) < 4.78 is 56.3. The summed E-state index contributed by atoms with van der Waals surface area (Å²) in [5.74, 6) is -2.14. The van der Waals surface area contributed by atoms with Crippen LogP contribution >= 0.6 is 23.2 Å².